The van der Waals surface area contributed by atoms with Gasteiger partial charge in [-0.2, -0.15) is 0 Å². The fourth-order valence-electron chi connectivity index (χ4n) is 7.75. The Balaban J connectivity index is 0.000000274. The first-order valence-electron chi connectivity index (χ1n) is 14.9. The predicted molar refractivity (Wildman–Crippen MR) is 180 cm³/mol. The van der Waals surface area contributed by atoms with Crippen LogP contribution in [0, 0.1) is 0 Å². The van der Waals surface area contributed by atoms with Crippen LogP contribution in [0.1, 0.15) is 109 Å². The normalized spacial score (nSPS) is 19.6. The Kier molecular flexibility index (Phi) is 14.6. The smallest absolute Gasteiger partial charge is 0.0595 e. The van der Waals surface area contributed by atoms with Gasteiger partial charge in [-0.25, -0.2) is 0 Å². The molecule has 0 radical (unpaired) electrons. The van der Waals surface area contributed by atoms with Gasteiger partial charge in [0.2, 0.25) is 0 Å². The van der Waals surface area contributed by atoms with E-state index in [2.05, 4.69) is 69.5 Å². The SMILES string of the molecule is C.CCC(N(C)C)C1(c2ccc(Cl)c(Cl)c2)CCCCC1.CCC(NC)C1(c2ccc(Cl)c(Cl)c2)CCCCC1. The Morgan fingerprint density at radius 3 is 1.45 bits per heavy atom. The zero-order valence-electron chi connectivity index (χ0n) is 24.6. The highest BCUT2D eigenvalue weighted by molar-refractivity contribution is 6.42. The lowest BCUT2D eigenvalue weighted by Gasteiger charge is -2.47. The summed E-state index contributed by atoms with van der Waals surface area (Å²) in [6.07, 6.45) is 15.2. The molecule has 2 saturated carbocycles. The van der Waals surface area contributed by atoms with Crippen molar-refractivity contribution in [3.63, 3.8) is 0 Å². The summed E-state index contributed by atoms with van der Waals surface area (Å²) in [5, 5.41) is 6.18. The van der Waals surface area contributed by atoms with Crippen LogP contribution in [-0.2, 0) is 10.8 Å². The molecule has 2 aromatic rings. The molecule has 40 heavy (non-hydrogen) atoms. The van der Waals surface area contributed by atoms with Gasteiger partial charge in [0.15, 0.2) is 0 Å². The third-order valence-corrected chi connectivity index (χ3v) is 11.0. The summed E-state index contributed by atoms with van der Waals surface area (Å²) >= 11 is 24.7. The standard InChI is InChI=1S/C17H25Cl2N.C16H23Cl2N.CH4/c1-4-16(20(2)3)17(10-6-5-7-11-17)13-8-9-14(18)15(19)12-13;1-3-15(19-2)16(9-5-4-6-10-16)12-7-8-13(17)14(18)11-12;/h8-9,12,16H,4-7,10-11H2,1-3H3;7-8,11,15,19H,3-6,9-10H2,1-2H3;1H4. The maximum atomic E-state index is 6.28. The summed E-state index contributed by atoms with van der Waals surface area (Å²) in [5.74, 6) is 0. The van der Waals surface area contributed by atoms with E-state index < -0.39 is 0 Å². The summed E-state index contributed by atoms with van der Waals surface area (Å²) in [6.45, 7) is 4.55. The lowest BCUT2D eigenvalue weighted by molar-refractivity contribution is 0.126. The van der Waals surface area contributed by atoms with Gasteiger partial charge in [-0.1, -0.05) is 118 Å². The van der Waals surface area contributed by atoms with Gasteiger partial charge in [0.1, 0.15) is 0 Å². The van der Waals surface area contributed by atoms with Crippen molar-refractivity contribution < 1.29 is 0 Å². The molecule has 2 aromatic carbocycles. The summed E-state index contributed by atoms with van der Waals surface area (Å²) in [4.78, 5) is 2.38. The molecule has 0 bridgehead atoms. The minimum Gasteiger partial charge on any atom is -0.316 e. The minimum atomic E-state index is 0. The van der Waals surface area contributed by atoms with Crippen molar-refractivity contribution in [1.29, 1.82) is 0 Å². The van der Waals surface area contributed by atoms with Gasteiger partial charge in [0.25, 0.3) is 0 Å². The Morgan fingerprint density at radius 2 is 1.10 bits per heavy atom. The van der Waals surface area contributed by atoms with Crippen molar-refractivity contribution >= 4 is 46.4 Å². The highest BCUT2D eigenvalue weighted by atomic mass is 35.5. The van der Waals surface area contributed by atoms with E-state index in [9.17, 15) is 0 Å². The van der Waals surface area contributed by atoms with E-state index in [0.29, 0.717) is 32.2 Å². The van der Waals surface area contributed by atoms with Crippen molar-refractivity contribution in [1.82, 2.24) is 10.2 Å². The van der Waals surface area contributed by atoms with E-state index in [-0.39, 0.29) is 18.3 Å². The fraction of sp³-hybridized carbons (Fsp3) is 0.647. The van der Waals surface area contributed by atoms with E-state index >= 15 is 0 Å². The number of benzene rings is 2. The van der Waals surface area contributed by atoms with Crippen LogP contribution in [0.2, 0.25) is 20.1 Å². The third-order valence-electron chi connectivity index (χ3n) is 9.55. The van der Waals surface area contributed by atoms with E-state index in [4.69, 9.17) is 46.4 Å². The second kappa shape index (κ2) is 16.4. The molecule has 2 atom stereocenters. The molecule has 0 aromatic heterocycles. The molecular formula is C34H52Cl4N2. The predicted octanol–water partition coefficient (Wildman–Crippen LogP) is 11.4. The molecule has 2 fully saturated rings. The number of halogens is 4. The number of likely N-dealkylation sites (N-methyl/N-ethyl adjacent to an activating group) is 2. The second-order valence-electron chi connectivity index (χ2n) is 11.8. The van der Waals surface area contributed by atoms with E-state index in [1.165, 1.54) is 75.3 Å². The van der Waals surface area contributed by atoms with Gasteiger partial charge in [0.05, 0.1) is 20.1 Å². The highest BCUT2D eigenvalue weighted by Crippen LogP contribution is 2.46. The molecule has 2 nitrogen and oxygen atoms in total. The molecule has 0 spiro atoms. The van der Waals surface area contributed by atoms with Crippen molar-refractivity contribution in [2.75, 3.05) is 21.1 Å². The molecule has 0 saturated heterocycles. The van der Waals surface area contributed by atoms with Crippen molar-refractivity contribution in [3.05, 3.63) is 67.6 Å². The highest BCUT2D eigenvalue weighted by Gasteiger charge is 2.42. The maximum absolute atomic E-state index is 6.28. The van der Waals surface area contributed by atoms with Crippen LogP contribution < -0.4 is 5.32 Å². The Bertz CT molecular complexity index is 1040. The summed E-state index contributed by atoms with van der Waals surface area (Å²) in [5.41, 5.74) is 3.16. The lowest BCUT2D eigenvalue weighted by atomic mass is 9.64. The number of hydrogen-bond donors (Lipinski definition) is 1. The second-order valence-corrected chi connectivity index (χ2v) is 13.5. The van der Waals surface area contributed by atoms with Gasteiger partial charge < -0.3 is 10.2 Å². The van der Waals surface area contributed by atoms with E-state index in [0.717, 1.165) is 12.8 Å². The van der Waals surface area contributed by atoms with Crippen LogP contribution in [0.3, 0.4) is 0 Å². The Labute approximate surface area is 265 Å². The van der Waals surface area contributed by atoms with Gasteiger partial charge in [-0.15, -0.1) is 0 Å². The number of nitrogens with zero attached hydrogens (tertiary/aromatic N) is 1. The fourth-order valence-corrected chi connectivity index (χ4v) is 8.35. The summed E-state index contributed by atoms with van der Waals surface area (Å²) < 4.78 is 0. The number of hydrogen-bond acceptors (Lipinski definition) is 2. The first-order valence-corrected chi connectivity index (χ1v) is 16.4. The zero-order valence-corrected chi connectivity index (χ0v) is 27.6. The van der Waals surface area contributed by atoms with Crippen LogP contribution in [0.25, 0.3) is 0 Å². The van der Waals surface area contributed by atoms with Gasteiger partial charge in [-0.05, 0) is 95.1 Å². The molecule has 0 amide bonds. The topological polar surface area (TPSA) is 15.3 Å². The van der Waals surface area contributed by atoms with Crippen LogP contribution in [0.5, 0.6) is 0 Å². The van der Waals surface area contributed by atoms with Crippen LogP contribution in [0.4, 0.5) is 0 Å². The van der Waals surface area contributed by atoms with Crippen LogP contribution >= 0.6 is 46.4 Å². The molecule has 6 heteroatoms. The molecule has 1 N–H and O–H groups in total. The average Bonchev–Trinajstić information content (AvgIpc) is 2.94. The van der Waals surface area contributed by atoms with Crippen molar-refractivity contribution in [2.45, 2.75) is 121 Å². The molecule has 2 unspecified atom stereocenters. The van der Waals surface area contributed by atoms with Gasteiger partial charge in [0, 0.05) is 22.9 Å². The molecule has 4 rings (SSSR count). The molecule has 2 aliphatic rings. The summed E-state index contributed by atoms with van der Waals surface area (Å²) in [7, 11) is 6.46. The maximum Gasteiger partial charge on any atom is 0.0595 e. The average molecular weight is 631 g/mol. The Morgan fingerprint density at radius 1 is 0.675 bits per heavy atom. The van der Waals surface area contributed by atoms with E-state index in [1.54, 1.807) is 0 Å². The van der Waals surface area contributed by atoms with Crippen LogP contribution in [-0.4, -0.2) is 38.1 Å². The molecular weight excluding hydrogens is 578 g/mol. The van der Waals surface area contributed by atoms with Crippen LogP contribution in [0.15, 0.2) is 36.4 Å². The quantitative estimate of drug-likeness (QED) is 0.312. The summed E-state index contributed by atoms with van der Waals surface area (Å²) in [6, 6.07) is 13.5. The molecule has 226 valence electrons. The zero-order chi connectivity index (χ0) is 28.6. The lowest BCUT2D eigenvalue weighted by Crippen LogP contribution is -2.48. The first kappa shape index (κ1) is 35.7. The number of nitrogens with one attached hydrogen (secondary N) is 1. The monoisotopic (exact) mass is 628 g/mol. The first-order chi connectivity index (χ1) is 18.6. The van der Waals surface area contributed by atoms with Crippen molar-refractivity contribution in [2.24, 2.45) is 0 Å². The van der Waals surface area contributed by atoms with Gasteiger partial charge in [-0.3, -0.25) is 0 Å². The molecule has 0 heterocycles. The third kappa shape index (κ3) is 7.91. The number of rotatable bonds is 8. The molecule has 2 aliphatic carbocycles. The molecule has 0 aliphatic heterocycles. The van der Waals surface area contributed by atoms with E-state index in [1.807, 2.05) is 12.1 Å². The minimum absolute atomic E-state index is 0. The Hall–Kier alpha value is -0.480. The van der Waals surface area contributed by atoms with Gasteiger partial charge >= 0.3 is 0 Å². The van der Waals surface area contributed by atoms with Crippen molar-refractivity contribution in [3.8, 4) is 0 Å². The largest absolute Gasteiger partial charge is 0.316 e.